The summed E-state index contributed by atoms with van der Waals surface area (Å²) in [6, 6.07) is 10.5. The number of benzene rings is 2. The number of likely N-dealkylation sites (tertiary alicyclic amines) is 1. The Morgan fingerprint density at radius 2 is 1.53 bits per heavy atom. The lowest BCUT2D eigenvalue weighted by Gasteiger charge is -2.32. The van der Waals surface area contributed by atoms with Crippen LogP contribution in [0.3, 0.4) is 0 Å². The van der Waals surface area contributed by atoms with Crippen molar-refractivity contribution in [1.82, 2.24) is 20.4 Å². The molecule has 0 aliphatic carbocycles. The molecule has 0 spiro atoms. The molecule has 2 aliphatic heterocycles. The number of piperazine rings is 1. The molecule has 2 heterocycles. The highest BCUT2D eigenvalue weighted by atomic mass is 19.4. The van der Waals surface area contributed by atoms with Gasteiger partial charge in [-0.05, 0) is 35.7 Å². The van der Waals surface area contributed by atoms with E-state index >= 15 is 0 Å². The van der Waals surface area contributed by atoms with Gasteiger partial charge < -0.3 is 15.5 Å². The van der Waals surface area contributed by atoms with E-state index in [4.69, 9.17) is 0 Å². The van der Waals surface area contributed by atoms with Gasteiger partial charge in [0, 0.05) is 51.9 Å². The largest absolute Gasteiger partial charge is 0.416 e. The van der Waals surface area contributed by atoms with Crippen LogP contribution in [0.4, 0.5) is 26.3 Å². The maximum Gasteiger partial charge on any atom is 0.416 e. The summed E-state index contributed by atoms with van der Waals surface area (Å²) in [4.78, 5) is 17.2. The van der Waals surface area contributed by atoms with Gasteiger partial charge in [-0.2, -0.15) is 26.3 Å². The molecule has 0 radical (unpaired) electrons. The molecule has 11 heteroatoms. The highest BCUT2D eigenvalue weighted by Gasteiger charge is 2.40. The van der Waals surface area contributed by atoms with Gasteiger partial charge in [-0.25, -0.2) is 0 Å². The first-order chi connectivity index (χ1) is 17.0. The Labute approximate surface area is 205 Å². The van der Waals surface area contributed by atoms with Crippen LogP contribution in [0.15, 0.2) is 48.5 Å². The Morgan fingerprint density at radius 1 is 0.917 bits per heavy atom. The van der Waals surface area contributed by atoms with E-state index in [2.05, 4.69) is 10.6 Å². The van der Waals surface area contributed by atoms with Crippen LogP contribution in [0.1, 0.15) is 28.7 Å². The molecule has 4 rings (SSSR count). The van der Waals surface area contributed by atoms with Crippen molar-refractivity contribution in [1.29, 1.82) is 0 Å². The normalized spacial score (nSPS) is 21.7. The van der Waals surface area contributed by atoms with Gasteiger partial charge in [-0.15, -0.1) is 0 Å². The van der Waals surface area contributed by atoms with Gasteiger partial charge in [-0.3, -0.25) is 9.69 Å². The van der Waals surface area contributed by atoms with E-state index in [1.54, 1.807) is 0 Å². The van der Waals surface area contributed by atoms with Gasteiger partial charge in [0.1, 0.15) is 0 Å². The van der Waals surface area contributed by atoms with E-state index < -0.39 is 29.5 Å². The maximum absolute atomic E-state index is 13.3. The van der Waals surface area contributed by atoms with Crippen LogP contribution < -0.4 is 10.6 Å². The first-order valence-corrected chi connectivity index (χ1v) is 11.8. The molecule has 2 aromatic rings. The van der Waals surface area contributed by atoms with Crippen molar-refractivity contribution in [2.45, 2.75) is 43.9 Å². The standard InChI is InChI=1S/C25H28F6N4O/c26-24(27,28)19-10-18(11-20(12-19)25(29,30)31)14-33-21-13-22(23(36)34-8-6-32-7-9-34)35(16-21)15-17-4-2-1-3-5-17/h1-5,10-12,21-22,32-33H,6-9,13-16H2/t21-,22-/m0/s1. The predicted molar refractivity (Wildman–Crippen MR) is 122 cm³/mol. The third-order valence-corrected chi connectivity index (χ3v) is 6.59. The molecule has 2 saturated heterocycles. The summed E-state index contributed by atoms with van der Waals surface area (Å²) in [7, 11) is 0. The molecule has 0 saturated carbocycles. The lowest BCUT2D eigenvalue weighted by atomic mass is 10.0. The number of alkyl halides is 6. The van der Waals surface area contributed by atoms with Gasteiger partial charge in [0.15, 0.2) is 0 Å². The van der Waals surface area contributed by atoms with Crippen LogP contribution >= 0.6 is 0 Å². The second-order valence-electron chi connectivity index (χ2n) is 9.23. The summed E-state index contributed by atoms with van der Waals surface area (Å²) in [6.45, 7) is 3.39. The van der Waals surface area contributed by atoms with Gasteiger partial charge in [-0.1, -0.05) is 30.3 Å². The summed E-state index contributed by atoms with van der Waals surface area (Å²) in [6.07, 6.45) is -9.37. The smallest absolute Gasteiger partial charge is 0.339 e. The fraction of sp³-hybridized carbons (Fsp3) is 0.480. The maximum atomic E-state index is 13.3. The summed E-state index contributed by atoms with van der Waals surface area (Å²) < 4.78 is 79.3. The van der Waals surface area contributed by atoms with E-state index in [0.717, 1.165) is 17.7 Å². The van der Waals surface area contributed by atoms with Gasteiger partial charge in [0.2, 0.25) is 5.91 Å². The number of halogens is 6. The second-order valence-corrected chi connectivity index (χ2v) is 9.23. The van der Waals surface area contributed by atoms with Crippen molar-refractivity contribution in [3.05, 3.63) is 70.8 Å². The summed E-state index contributed by atoms with van der Waals surface area (Å²) in [5.74, 6) is -0.00448. The molecule has 2 fully saturated rings. The first-order valence-electron chi connectivity index (χ1n) is 11.8. The Kier molecular flexibility index (Phi) is 7.91. The van der Waals surface area contributed by atoms with E-state index in [9.17, 15) is 31.1 Å². The SMILES string of the molecule is O=C([C@@H]1C[C@H](NCc2cc(C(F)(F)F)cc(C(F)(F)F)c2)CN1Cc1ccccc1)N1CCNCC1. The lowest BCUT2D eigenvalue weighted by Crippen LogP contribution is -2.52. The van der Waals surface area contributed by atoms with Crippen molar-refractivity contribution >= 4 is 5.91 Å². The number of hydrogen-bond acceptors (Lipinski definition) is 4. The van der Waals surface area contributed by atoms with Crippen LogP contribution in [-0.2, 0) is 30.2 Å². The molecule has 36 heavy (non-hydrogen) atoms. The minimum Gasteiger partial charge on any atom is -0.339 e. The van der Waals surface area contributed by atoms with Crippen molar-refractivity contribution in [3.8, 4) is 0 Å². The number of carbonyl (C=O) groups is 1. The average molecular weight is 515 g/mol. The van der Waals surface area contributed by atoms with Crippen molar-refractivity contribution in [2.24, 2.45) is 0 Å². The highest BCUT2D eigenvalue weighted by molar-refractivity contribution is 5.82. The minimum atomic E-state index is -4.89. The molecule has 1 amide bonds. The van der Waals surface area contributed by atoms with Crippen molar-refractivity contribution in [3.63, 3.8) is 0 Å². The molecule has 0 aromatic heterocycles. The van der Waals surface area contributed by atoms with Gasteiger partial charge in [0.25, 0.3) is 0 Å². The topological polar surface area (TPSA) is 47.6 Å². The number of nitrogens with one attached hydrogen (secondary N) is 2. The number of amides is 1. The molecule has 2 N–H and O–H groups in total. The van der Waals surface area contributed by atoms with Crippen molar-refractivity contribution in [2.75, 3.05) is 32.7 Å². The number of carbonyl (C=O) groups excluding carboxylic acids is 1. The predicted octanol–water partition coefficient (Wildman–Crippen LogP) is 3.89. The summed E-state index contributed by atoms with van der Waals surface area (Å²) in [5.41, 5.74) is -1.76. The van der Waals surface area contributed by atoms with Gasteiger partial charge >= 0.3 is 12.4 Å². The molecule has 0 unspecified atom stereocenters. The Balaban J connectivity index is 1.49. The van der Waals surface area contributed by atoms with Crippen molar-refractivity contribution < 1.29 is 31.1 Å². The van der Waals surface area contributed by atoms with Crippen LogP contribution in [0.5, 0.6) is 0 Å². The highest BCUT2D eigenvalue weighted by Crippen LogP contribution is 2.36. The van der Waals surface area contributed by atoms with Crippen LogP contribution in [0.2, 0.25) is 0 Å². The zero-order chi connectivity index (χ0) is 25.9. The summed E-state index contributed by atoms with van der Waals surface area (Å²) >= 11 is 0. The molecule has 196 valence electrons. The molecular weight excluding hydrogens is 486 g/mol. The van der Waals surface area contributed by atoms with E-state index in [-0.39, 0.29) is 30.1 Å². The zero-order valence-corrected chi connectivity index (χ0v) is 19.5. The Bertz CT molecular complexity index is 1000. The number of nitrogens with zero attached hydrogens (tertiary/aromatic N) is 2. The fourth-order valence-corrected chi connectivity index (χ4v) is 4.78. The van der Waals surface area contributed by atoms with E-state index in [0.29, 0.717) is 45.7 Å². The third-order valence-electron chi connectivity index (χ3n) is 6.59. The number of hydrogen-bond donors (Lipinski definition) is 2. The molecular formula is C25H28F6N4O. The fourth-order valence-electron chi connectivity index (χ4n) is 4.78. The molecule has 0 bridgehead atoms. The average Bonchev–Trinajstić information content (AvgIpc) is 3.24. The summed E-state index contributed by atoms with van der Waals surface area (Å²) in [5, 5.41) is 6.31. The van der Waals surface area contributed by atoms with E-state index in [1.165, 1.54) is 0 Å². The van der Waals surface area contributed by atoms with Crippen LogP contribution in [0.25, 0.3) is 0 Å². The van der Waals surface area contributed by atoms with Gasteiger partial charge in [0.05, 0.1) is 17.2 Å². The monoisotopic (exact) mass is 514 g/mol. The van der Waals surface area contributed by atoms with Crippen LogP contribution in [-0.4, -0.2) is 60.5 Å². The number of rotatable bonds is 6. The zero-order valence-electron chi connectivity index (χ0n) is 19.5. The quantitative estimate of drug-likeness (QED) is 0.575. The third kappa shape index (κ3) is 6.57. The first kappa shape index (κ1) is 26.4. The van der Waals surface area contributed by atoms with E-state index in [1.807, 2.05) is 40.1 Å². The minimum absolute atomic E-state index is 0.00448. The second kappa shape index (κ2) is 10.8. The molecule has 2 aromatic carbocycles. The molecule has 5 nitrogen and oxygen atoms in total. The Hall–Kier alpha value is -2.63. The molecule has 2 atom stereocenters. The Morgan fingerprint density at radius 3 is 2.11 bits per heavy atom. The molecule has 2 aliphatic rings. The lowest BCUT2D eigenvalue weighted by molar-refractivity contribution is -0.143. The van der Waals surface area contributed by atoms with Crippen LogP contribution in [0, 0.1) is 0 Å².